The fourth-order valence-electron chi connectivity index (χ4n) is 2.28. The number of rotatable bonds is 6. The smallest absolute Gasteiger partial charge is 0.119 e. The van der Waals surface area contributed by atoms with Crippen molar-refractivity contribution in [3.05, 3.63) is 29.8 Å². The molecule has 1 aliphatic rings. The van der Waals surface area contributed by atoms with Crippen molar-refractivity contribution in [2.75, 3.05) is 13.2 Å². The zero-order valence-corrected chi connectivity index (χ0v) is 10.3. The molecule has 3 nitrogen and oxygen atoms in total. The van der Waals surface area contributed by atoms with E-state index in [1.807, 2.05) is 24.3 Å². The van der Waals surface area contributed by atoms with Crippen LogP contribution in [0.15, 0.2) is 24.3 Å². The molecule has 0 aliphatic heterocycles. The van der Waals surface area contributed by atoms with Gasteiger partial charge in [0, 0.05) is 19.1 Å². The maximum Gasteiger partial charge on any atom is 0.119 e. The Kier molecular flexibility index (Phi) is 4.83. The Morgan fingerprint density at radius 1 is 1.18 bits per heavy atom. The first-order valence-corrected chi connectivity index (χ1v) is 6.53. The van der Waals surface area contributed by atoms with E-state index in [1.54, 1.807) is 0 Å². The van der Waals surface area contributed by atoms with E-state index in [1.165, 1.54) is 25.7 Å². The Bertz CT molecular complexity index is 317. The van der Waals surface area contributed by atoms with Crippen LogP contribution in [0.25, 0.3) is 0 Å². The van der Waals surface area contributed by atoms with Crippen LogP contribution in [0.4, 0.5) is 0 Å². The molecule has 0 aromatic heterocycles. The molecule has 0 unspecified atom stereocenters. The summed E-state index contributed by atoms with van der Waals surface area (Å²) >= 11 is 0. The molecule has 0 atom stereocenters. The number of benzene rings is 1. The molecule has 3 heteroatoms. The summed E-state index contributed by atoms with van der Waals surface area (Å²) in [5, 5.41) is 3.53. The molecule has 1 saturated carbocycles. The van der Waals surface area contributed by atoms with Gasteiger partial charge >= 0.3 is 0 Å². The van der Waals surface area contributed by atoms with Crippen LogP contribution in [-0.2, 0) is 6.54 Å². The van der Waals surface area contributed by atoms with Gasteiger partial charge in [-0.2, -0.15) is 0 Å². The Morgan fingerprint density at radius 2 is 1.88 bits per heavy atom. The van der Waals surface area contributed by atoms with Crippen LogP contribution >= 0.6 is 0 Å². The summed E-state index contributed by atoms with van der Waals surface area (Å²) in [6, 6.07) is 8.72. The molecule has 0 bridgehead atoms. The molecule has 1 aliphatic carbocycles. The van der Waals surface area contributed by atoms with Gasteiger partial charge in [-0.25, -0.2) is 0 Å². The van der Waals surface area contributed by atoms with E-state index in [4.69, 9.17) is 10.5 Å². The van der Waals surface area contributed by atoms with Crippen LogP contribution in [0, 0.1) is 0 Å². The van der Waals surface area contributed by atoms with Gasteiger partial charge in [-0.05, 0) is 30.5 Å². The third-order valence-electron chi connectivity index (χ3n) is 3.32. The highest BCUT2D eigenvalue weighted by Gasteiger charge is 2.13. The second-order valence-corrected chi connectivity index (χ2v) is 4.63. The van der Waals surface area contributed by atoms with Gasteiger partial charge in [0.2, 0.25) is 0 Å². The van der Waals surface area contributed by atoms with E-state index >= 15 is 0 Å². The fourth-order valence-corrected chi connectivity index (χ4v) is 2.28. The monoisotopic (exact) mass is 234 g/mol. The molecule has 94 valence electrons. The fraction of sp³-hybridized carbons (Fsp3) is 0.571. The number of nitrogens with two attached hydrogens (primary N) is 1. The SMILES string of the molecule is NCc1ccc(OCCNC2CCCC2)cc1. The third-order valence-corrected chi connectivity index (χ3v) is 3.32. The highest BCUT2D eigenvalue weighted by Crippen LogP contribution is 2.17. The molecule has 17 heavy (non-hydrogen) atoms. The van der Waals surface area contributed by atoms with Crippen LogP contribution in [0.2, 0.25) is 0 Å². The number of hydrogen-bond donors (Lipinski definition) is 2. The summed E-state index contributed by atoms with van der Waals surface area (Å²) in [5.74, 6) is 0.926. The van der Waals surface area contributed by atoms with Gasteiger partial charge in [-0.15, -0.1) is 0 Å². The van der Waals surface area contributed by atoms with Crippen LogP contribution < -0.4 is 15.8 Å². The van der Waals surface area contributed by atoms with Crippen molar-refractivity contribution < 1.29 is 4.74 Å². The first kappa shape index (κ1) is 12.4. The lowest BCUT2D eigenvalue weighted by Crippen LogP contribution is -2.30. The number of nitrogens with one attached hydrogen (secondary N) is 1. The maximum atomic E-state index is 5.66. The van der Waals surface area contributed by atoms with Crippen molar-refractivity contribution in [1.29, 1.82) is 0 Å². The van der Waals surface area contributed by atoms with Gasteiger partial charge in [0.25, 0.3) is 0 Å². The zero-order chi connectivity index (χ0) is 11.9. The van der Waals surface area contributed by atoms with Gasteiger partial charge in [-0.1, -0.05) is 25.0 Å². The lowest BCUT2D eigenvalue weighted by atomic mass is 10.2. The minimum absolute atomic E-state index is 0.587. The molecule has 1 fully saturated rings. The molecular weight excluding hydrogens is 212 g/mol. The minimum atomic E-state index is 0.587. The Hall–Kier alpha value is -1.06. The molecule has 0 heterocycles. The quantitative estimate of drug-likeness (QED) is 0.741. The molecule has 0 radical (unpaired) electrons. The van der Waals surface area contributed by atoms with Crippen molar-refractivity contribution in [2.45, 2.75) is 38.3 Å². The first-order valence-electron chi connectivity index (χ1n) is 6.53. The van der Waals surface area contributed by atoms with Crippen LogP contribution in [0.3, 0.4) is 0 Å². The van der Waals surface area contributed by atoms with E-state index in [0.29, 0.717) is 6.54 Å². The standard InChI is InChI=1S/C14H22N2O/c15-11-12-5-7-14(8-6-12)17-10-9-16-13-3-1-2-4-13/h5-8,13,16H,1-4,9-11,15H2. The molecule has 2 rings (SSSR count). The average molecular weight is 234 g/mol. The molecule has 1 aromatic rings. The highest BCUT2D eigenvalue weighted by atomic mass is 16.5. The number of ether oxygens (including phenoxy) is 1. The van der Waals surface area contributed by atoms with Crippen molar-refractivity contribution >= 4 is 0 Å². The lowest BCUT2D eigenvalue weighted by molar-refractivity contribution is 0.305. The maximum absolute atomic E-state index is 5.66. The zero-order valence-electron chi connectivity index (χ0n) is 10.3. The predicted octanol–water partition coefficient (Wildman–Crippen LogP) is 2.06. The molecule has 0 saturated heterocycles. The molecular formula is C14H22N2O. The van der Waals surface area contributed by atoms with Crippen molar-refractivity contribution in [1.82, 2.24) is 5.32 Å². The topological polar surface area (TPSA) is 47.3 Å². The lowest BCUT2D eigenvalue weighted by Gasteiger charge is -2.12. The predicted molar refractivity (Wildman–Crippen MR) is 70.1 cm³/mol. The minimum Gasteiger partial charge on any atom is -0.492 e. The van der Waals surface area contributed by atoms with Crippen LogP contribution in [0.1, 0.15) is 31.2 Å². The molecule has 1 aromatic carbocycles. The summed E-state index contributed by atoms with van der Waals surface area (Å²) in [4.78, 5) is 0. The molecule has 0 amide bonds. The summed E-state index contributed by atoms with van der Waals surface area (Å²) in [5.41, 5.74) is 6.68. The van der Waals surface area contributed by atoms with Crippen molar-refractivity contribution in [3.63, 3.8) is 0 Å². The first-order chi connectivity index (χ1) is 8.38. The average Bonchev–Trinajstić information content (AvgIpc) is 2.88. The summed E-state index contributed by atoms with van der Waals surface area (Å²) in [7, 11) is 0. The summed E-state index contributed by atoms with van der Waals surface area (Å²) in [6.45, 7) is 2.26. The van der Waals surface area contributed by atoms with Gasteiger partial charge < -0.3 is 15.8 Å². The largest absolute Gasteiger partial charge is 0.492 e. The van der Waals surface area contributed by atoms with E-state index < -0.39 is 0 Å². The third kappa shape index (κ3) is 4.02. The molecule has 3 N–H and O–H groups in total. The van der Waals surface area contributed by atoms with E-state index in [-0.39, 0.29) is 0 Å². The van der Waals surface area contributed by atoms with Gasteiger partial charge in [-0.3, -0.25) is 0 Å². The van der Waals surface area contributed by atoms with E-state index in [9.17, 15) is 0 Å². The van der Waals surface area contributed by atoms with E-state index in [0.717, 1.165) is 30.5 Å². The van der Waals surface area contributed by atoms with Crippen LogP contribution in [0.5, 0.6) is 5.75 Å². The van der Waals surface area contributed by atoms with Crippen molar-refractivity contribution in [2.24, 2.45) is 5.73 Å². The summed E-state index contributed by atoms with van der Waals surface area (Å²) < 4.78 is 5.66. The second-order valence-electron chi connectivity index (χ2n) is 4.63. The van der Waals surface area contributed by atoms with Crippen molar-refractivity contribution in [3.8, 4) is 5.75 Å². The summed E-state index contributed by atoms with van der Waals surface area (Å²) in [6.07, 6.45) is 5.40. The highest BCUT2D eigenvalue weighted by molar-refractivity contribution is 5.27. The van der Waals surface area contributed by atoms with Crippen LogP contribution in [-0.4, -0.2) is 19.2 Å². The number of hydrogen-bond acceptors (Lipinski definition) is 3. The van der Waals surface area contributed by atoms with Gasteiger partial charge in [0.15, 0.2) is 0 Å². The van der Waals surface area contributed by atoms with Gasteiger partial charge in [0.1, 0.15) is 12.4 Å². The van der Waals surface area contributed by atoms with Gasteiger partial charge in [0.05, 0.1) is 0 Å². The molecule has 0 spiro atoms. The van der Waals surface area contributed by atoms with E-state index in [2.05, 4.69) is 5.32 Å². The Balaban J connectivity index is 1.63. The Labute approximate surface area is 103 Å². The Morgan fingerprint density at radius 3 is 2.53 bits per heavy atom. The normalized spacial score (nSPS) is 16.3. The second kappa shape index (κ2) is 6.62.